The molecule has 0 radical (unpaired) electrons. The molecule has 2 saturated carbocycles. The van der Waals surface area contributed by atoms with Crippen LogP contribution in [-0.2, 0) is 28.6 Å². The predicted octanol–water partition coefficient (Wildman–Crippen LogP) is 4.81. The number of esters is 1. The Labute approximate surface area is 206 Å². The number of hydrogen-bond donors (Lipinski definition) is 0. The minimum atomic E-state index is -0.815. The zero-order valence-corrected chi connectivity index (χ0v) is 21.5. The van der Waals surface area contributed by atoms with Gasteiger partial charge in [-0.25, -0.2) is 0 Å². The van der Waals surface area contributed by atoms with Crippen LogP contribution in [0.15, 0.2) is 34.2 Å². The van der Waals surface area contributed by atoms with Crippen molar-refractivity contribution in [1.82, 2.24) is 0 Å². The Hall–Kier alpha value is -2.25. The Morgan fingerprint density at radius 2 is 1.86 bits per heavy atom. The molecule has 2 bridgehead atoms. The zero-order chi connectivity index (χ0) is 25.3. The molecular formula is C28H36O7. The SMILES string of the molecule is COC(=O)C[C@H]1C(C)(C)C(=O)[C@@H]2CC3=C4CC(OC)O[C@@H](c5ccoc5)[C@]4(C)CCC3[C@@]1(C)C2=O. The van der Waals surface area contributed by atoms with Crippen LogP contribution in [0.2, 0.25) is 0 Å². The lowest BCUT2D eigenvalue weighted by Crippen LogP contribution is -2.64. The Morgan fingerprint density at radius 1 is 1.11 bits per heavy atom. The van der Waals surface area contributed by atoms with Crippen molar-refractivity contribution in [3.05, 3.63) is 35.3 Å². The summed E-state index contributed by atoms with van der Waals surface area (Å²) in [6.45, 7) is 8.02. The largest absolute Gasteiger partial charge is 0.472 e. The van der Waals surface area contributed by atoms with Gasteiger partial charge in [-0.1, -0.05) is 38.8 Å². The number of carbonyl (C=O) groups is 3. The van der Waals surface area contributed by atoms with Gasteiger partial charge in [-0.05, 0) is 37.2 Å². The number of fused-ring (bicyclic) bond motifs is 5. The van der Waals surface area contributed by atoms with Crippen molar-refractivity contribution in [2.45, 2.75) is 72.2 Å². The summed E-state index contributed by atoms with van der Waals surface area (Å²) in [6, 6.07) is 1.93. The second-order valence-corrected chi connectivity index (χ2v) is 11.8. The second-order valence-electron chi connectivity index (χ2n) is 11.8. The minimum absolute atomic E-state index is 0.00424. The van der Waals surface area contributed by atoms with E-state index in [0.717, 1.165) is 18.4 Å². The molecule has 1 aromatic rings. The molecule has 7 nitrogen and oxygen atoms in total. The maximum Gasteiger partial charge on any atom is 0.305 e. The number of allylic oxidation sites excluding steroid dienone is 1. The summed E-state index contributed by atoms with van der Waals surface area (Å²) in [7, 11) is 3.00. The fourth-order valence-corrected chi connectivity index (χ4v) is 8.03. The molecule has 5 rings (SSSR count). The quantitative estimate of drug-likeness (QED) is 0.344. The first kappa shape index (κ1) is 24.4. The number of methoxy groups -OCH3 is 2. The molecule has 1 saturated heterocycles. The molecule has 3 fully saturated rings. The van der Waals surface area contributed by atoms with E-state index in [1.54, 1.807) is 19.6 Å². The van der Waals surface area contributed by atoms with Crippen LogP contribution < -0.4 is 0 Å². The highest BCUT2D eigenvalue weighted by Crippen LogP contribution is 2.67. The summed E-state index contributed by atoms with van der Waals surface area (Å²) in [6.07, 6.45) is 5.44. The molecule has 1 aromatic heterocycles. The van der Waals surface area contributed by atoms with Crippen LogP contribution in [0.4, 0.5) is 0 Å². The molecule has 190 valence electrons. The van der Waals surface area contributed by atoms with Gasteiger partial charge < -0.3 is 18.6 Å². The van der Waals surface area contributed by atoms with Crippen molar-refractivity contribution in [1.29, 1.82) is 0 Å². The normalized spacial score (nSPS) is 40.2. The van der Waals surface area contributed by atoms with E-state index >= 15 is 0 Å². The van der Waals surface area contributed by atoms with E-state index in [9.17, 15) is 14.4 Å². The first-order chi connectivity index (χ1) is 16.5. The van der Waals surface area contributed by atoms with E-state index in [-0.39, 0.29) is 41.4 Å². The highest BCUT2D eigenvalue weighted by atomic mass is 16.7. The third kappa shape index (κ3) is 3.27. The van der Waals surface area contributed by atoms with E-state index in [0.29, 0.717) is 12.8 Å². The van der Waals surface area contributed by atoms with Crippen molar-refractivity contribution in [3.8, 4) is 0 Å². The topological polar surface area (TPSA) is 92.0 Å². The summed E-state index contributed by atoms with van der Waals surface area (Å²) < 4.78 is 22.5. The molecular weight excluding hydrogens is 448 g/mol. The van der Waals surface area contributed by atoms with E-state index in [1.165, 1.54) is 18.3 Å². The predicted molar refractivity (Wildman–Crippen MR) is 126 cm³/mol. The Morgan fingerprint density at radius 3 is 2.49 bits per heavy atom. The summed E-state index contributed by atoms with van der Waals surface area (Å²) in [5.41, 5.74) is 1.50. The van der Waals surface area contributed by atoms with Crippen LogP contribution in [0.3, 0.4) is 0 Å². The van der Waals surface area contributed by atoms with Crippen LogP contribution in [-0.4, -0.2) is 38.0 Å². The van der Waals surface area contributed by atoms with E-state index in [4.69, 9.17) is 18.6 Å². The van der Waals surface area contributed by atoms with E-state index in [2.05, 4.69) is 6.92 Å². The summed E-state index contributed by atoms with van der Waals surface area (Å²) >= 11 is 0. The van der Waals surface area contributed by atoms with Crippen LogP contribution in [0.5, 0.6) is 0 Å². The first-order valence-electron chi connectivity index (χ1n) is 12.6. The number of hydrogen-bond acceptors (Lipinski definition) is 7. The van der Waals surface area contributed by atoms with Crippen LogP contribution in [0, 0.1) is 34.0 Å². The lowest BCUT2D eigenvalue weighted by Gasteiger charge is -2.61. The highest BCUT2D eigenvalue weighted by Gasteiger charge is 2.67. The number of Topliss-reactive ketones (excluding diaryl/α,β-unsaturated/α-hetero) is 2. The van der Waals surface area contributed by atoms with Gasteiger partial charge >= 0.3 is 5.97 Å². The van der Waals surface area contributed by atoms with Crippen molar-refractivity contribution in [2.24, 2.45) is 34.0 Å². The van der Waals surface area contributed by atoms with Gasteiger partial charge in [0, 0.05) is 35.3 Å². The third-order valence-electron chi connectivity index (χ3n) is 9.94. The minimum Gasteiger partial charge on any atom is -0.472 e. The fraction of sp³-hybridized carbons (Fsp3) is 0.679. The number of rotatable bonds is 4. The molecule has 7 heteroatoms. The van der Waals surface area contributed by atoms with Gasteiger partial charge in [0.2, 0.25) is 0 Å². The highest BCUT2D eigenvalue weighted by molar-refractivity contribution is 6.11. The van der Waals surface area contributed by atoms with Gasteiger partial charge in [0.15, 0.2) is 6.29 Å². The average Bonchev–Trinajstić information content (AvgIpc) is 3.36. The van der Waals surface area contributed by atoms with E-state index < -0.39 is 29.0 Å². The van der Waals surface area contributed by atoms with Crippen molar-refractivity contribution in [2.75, 3.05) is 14.2 Å². The number of ketones is 2. The Balaban J connectivity index is 1.67. The molecule has 2 unspecified atom stereocenters. The molecule has 4 aliphatic rings. The zero-order valence-electron chi connectivity index (χ0n) is 21.5. The van der Waals surface area contributed by atoms with Crippen LogP contribution >= 0.6 is 0 Å². The van der Waals surface area contributed by atoms with Gasteiger partial charge in [-0.2, -0.15) is 0 Å². The van der Waals surface area contributed by atoms with Crippen molar-refractivity contribution < 1.29 is 33.0 Å². The molecule has 35 heavy (non-hydrogen) atoms. The number of carbonyl (C=O) groups excluding carboxylic acids is 3. The smallest absolute Gasteiger partial charge is 0.305 e. The fourth-order valence-electron chi connectivity index (χ4n) is 8.03. The van der Waals surface area contributed by atoms with E-state index in [1.807, 2.05) is 26.8 Å². The molecule has 1 aliphatic heterocycles. The summed E-state index contributed by atoms with van der Waals surface area (Å²) in [5.74, 6) is -1.58. The van der Waals surface area contributed by atoms with Gasteiger partial charge in [-0.15, -0.1) is 0 Å². The Bertz CT molecular complexity index is 1080. The third-order valence-corrected chi connectivity index (χ3v) is 9.94. The molecule has 0 N–H and O–H groups in total. The lowest BCUT2D eigenvalue weighted by atomic mass is 9.41. The molecule has 0 spiro atoms. The maximum atomic E-state index is 13.9. The second kappa shape index (κ2) is 8.13. The number of ether oxygens (including phenoxy) is 3. The molecule has 7 atom stereocenters. The Kier molecular flexibility index (Phi) is 5.68. The summed E-state index contributed by atoms with van der Waals surface area (Å²) in [4.78, 5) is 40.1. The molecule has 3 aliphatic carbocycles. The average molecular weight is 485 g/mol. The molecule has 0 amide bonds. The molecule has 0 aromatic carbocycles. The monoisotopic (exact) mass is 484 g/mol. The van der Waals surface area contributed by atoms with Gasteiger partial charge in [0.25, 0.3) is 0 Å². The summed E-state index contributed by atoms with van der Waals surface area (Å²) in [5, 5.41) is 0. The van der Waals surface area contributed by atoms with Gasteiger partial charge in [0.1, 0.15) is 11.6 Å². The first-order valence-corrected chi connectivity index (χ1v) is 12.6. The maximum absolute atomic E-state index is 13.9. The van der Waals surface area contributed by atoms with Crippen molar-refractivity contribution in [3.63, 3.8) is 0 Å². The lowest BCUT2D eigenvalue weighted by molar-refractivity contribution is -0.209. The van der Waals surface area contributed by atoms with Crippen molar-refractivity contribution >= 4 is 17.5 Å². The van der Waals surface area contributed by atoms with Crippen LogP contribution in [0.25, 0.3) is 0 Å². The van der Waals surface area contributed by atoms with Gasteiger partial charge in [0.05, 0.1) is 38.1 Å². The van der Waals surface area contributed by atoms with Crippen LogP contribution in [0.1, 0.15) is 71.5 Å². The van der Waals surface area contributed by atoms with Gasteiger partial charge in [-0.3, -0.25) is 14.4 Å². The molecule has 2 heterocycles. The standard InChI is InChI=1S/C28H36O7/c1-26(2)20(13-21(29)32-5)28(4)18-7-9-27(3)19(16(18)11-17(23(26)30)24(28)31)12-22(33-6)35-25(27)15-8-10-34-14-15/h8,10,14,17-18,20,22,25H,7,9,11-13H2,1-6H3/t17-,18?,20-,22?,25-,27+,28+/m0/s1. The number of furan rings is 1.